The Balaban J connectivity index is 1.60. The van der Waals surface area contributed by atoms with Crippen molar-refractivity contribution < 1.29 is 14.4 Å². The summed E-state index contributed by atoms with van der Waals surface area (Å²) < 4.78 is 0. The third kappa shape index (κ3) is 7.06. The summed E-state index contributed by atoms with van der Waals surface area (Å²) in [7, 11) is 0. The Morgan fingerprint density at radius 1 is 1.16 bits per heavy atom. The molecule has 3 N–H and O–H groups in total. The molecule has 1 aromatic rings. The van der Waals surface area contributed by atoms with E-state index in [9.17, 15) is 24.9 Å². The molecule has 2 atom stereocenters. The van der Waals surface area contributed by atoms with Gasteiger partial charge < -0.3 is 25.8 Å². The van der Waals surface area contributed by atoms with Gasteiger partial charge in [0.05, 0.1) is 6.07 Å². The van der Waals surface area contributed by atoms with Crippen molar-refractivity contribution in [2.24, 2.45) is 0 Å². The van der Waals surface area contributed by atoms with Crippen LogP contribution in [0.4, 0.5) is 5.69 Å². The fourth-order valence-corrected chi connectivity index (χ4v) is 5.50. The molecular weight excluding hydrogens is 502 g/mol. The lowest BCUT2D eigenvalue weighted by atomic mass is 10.0. The maximum atomic E-state index is 13.0. The molecule has 202 valence electrons. The zero-order chi connectivity index (χ0) is 27.7. The van der Waals surface area contributed by atoms with Crippen LogP contribution in [0.5, 0.6) is 0 Å². The van der Waals surface area contributed by atoms with E-state index in [0.717, 1.165) is 37.1 Å². The van der Waals surface area contributed by atoms with Gasteiger partial charge in [-0.2, -0.15) is 10.5 Å². The van der Waals surface area contributed by atoms with Gasteiger partial charge in [0, 0.05) is 37.4 Å². The topological polar surface area (TPSA) is 141 Å². The second-order valence-corrected chi connectivity index (χ2v) is 10.7. The lowest BCUT2D eigenvalue weighted by Gasteiger charge is -2.22. The molecule has 1 aromatic carbocycles. The summed E-state index contributed by atoms with van der Waals surface area (Å²) in [6.45, 7) is 9.37. The number of benzene rings is 1. The molecule has 3 rings (SSSR count). The number of carbonyl (C=O) groups is 3. The second-order valence-electron chi connectivity index (χ2n) is 9.50. The van der Waals surface area contributed by atoms with Gasteiger partial charge in [-0.3, -0.25) is 14.4 Å². The molecule has 2 aliphatic rings. The molecule has 11 heteroatoms. The lowest BCUT2D eigenvalue weighted by Crippen LogP contribution is -2.45. The van der Waals surface area contributed by atoms with Crippen LogP contribution in [0.3, 0.4) is 0 Å². The number of nitrogens with one attached hydrogen (secondary N) is 3. The molecule has 3 amide bonds. The molecule has 0 aliphatic carbocycles. The highest BCUT2D eigenvalue weighted by Crippen LogP contribution is 2.37. The van der Waals surface area contributed by atoms with Crippen molar-refractivity contribution in [1.82, 2.24) is 20.4 Å². The molecule has 0 radical (unpaired) electrons. The molecule has 2 saturated heterocycles. The van der Waals surface area contributed by atoms with Crippen molar-refractivity contribution in [2.45, 2.75) is 50.8 Å². The van der Waals surface area contributed by atoms with E-state index in [1.165, 1.54) is 17.7 Å². The standard InChI is InChI=1S/C27H35N7O3S/c1-4-27(3,18-29)32-24(36)21(16-28)26-34(5-2)25(37)22(38-26)17-31-20-10-8-19(9-11-20)23(35)30-12-15-33-13-6-7-14-33/h8-11,22,31H,4-7,12-15,17H2,1-3H3,(H,30,35)(H,32,36)/b26-21-/t22-,27?/m1/s1. The average molecular weight is 538 g/mol. The Hall–Kier alpha value is -3.54. The fourth-order valence-electron chi connectivity index (χ4n) is 4.24. The van der Waals surface area contributed by atoms with Crippen LogP contribution in [0, 0.1) is 22.7 Å². The lowest BCUT2D eigenvalue weighted by molar-refractivity contribution is -0.127. The summed E-state index contributed by atoms with van der Waals surface area (Å²) in [5, 5.41) is 27.6. The summed E-state index contributed by atoms with van der Waals surface area (Å²) in [4.78, 5) is 42.1. The minimum absolute atomic E-state index is 0.122. The first kappa shape index (κ1) is 29.0. The van der Waals surface area contributed by atoms with Crippen LogP contribution in [0.1, 0.15) is 50.4 Å². The van der Waals surface area contributed by atoms with Crippen molar-refractivity contribution in [3.05, 3.63) is 40.4 Å². The monoisotopic (exact) mass is 537 g/mol. The molecule has 2 aliphatic heterocycles. The predicted molar refractivity (Wildman–Crippen MR) is 147 cm³/mol. The number of hydrogen-bond donors (Lipinski definition) is 3. The Morgan fingerprint density at radius 2 is 1.84 bits per heavy atom. The van der Waals surface area contributed by atoms with E-state index in [0.29, 0.717) is 30.1 Å². The van der Waals surface area contributed by atoms with E-state index < -0.39 is 16.7 Å². The average Bonchev–Trinajstić information content (AvgIpc) is 3.55. The highest BCUT2D eigenvalue weighted by Gasteiger charge is 2.39. The molecule has 0 bridgehead atoms. The highest BCUT2D eigenvalue weighted by atomic mass is 32.2. The summed E-state index contributed by atoms with van der Waals surface area (Å²) in [5.41, 5.74) is 0.0232. The SMILES string of the molecule is CCN1C(=O)[C@@H](CNc2ccc(C(=O)NCCN3CCCC3)cc2)S/C1=C(/C#N)C(=O)NC(C)(C#N)CC. The van der Waals surface area contributed by atoms with Crippen molar-refractivity contribution in [1.29, 1.82) is 10.5 Å². The van der Waals surface area contributed by atoms with Gasteiger partial charge in [-0.25, -0.2) is 0 Å². The van der Waals surface area contributed by atoms with E-state index in [4.69, 9.17) is 0 Å². The molecule has 10 nitrogen and oxygen atoms in total. The van der Waals surface area contributed by atoms with Crippen molar-refractivity contribution >= 4 is 35.2 Å². The summed E-state index contributed by atoms with van der Waals surface area (Å²) in [5.74, 6) is -0.994. The number of carbonyl (C=O) groups excluding carboxylic acids is 3. The van der Waals surface area contributed by atoms with Crippen LogP contribution in [-0.4, -0.2) is 77.6 Å². The maximum absolute atomic E-state index is 13.0. The number of likely N-dealkylation sites (tertiary alicyclic amines) is 1. The molecule has 0 saturated carbocycles. The fraction of sp³-hybridized carbons (Fsp3) is 0.519. The molecule has 38 heavy (non-hydrogen) atoms. The van der Waals surface area contributed by atoms with Crippen molar-refractivity contribution in [2.75, 3.05) is 44.6 Å². The number of thioether (sulfide) groups is 1. The van der Waals surface area contributed by atoms with E-state index in [-0.39, 0.29) is 23.9 Å². The maximum Gasteiger partial charge on any atom is 0.265 e. The summed E-state index contributed by atoms with van der Waals surface area (Å²) in [6.07, 6.45) is 2.81. The van der Waals surface area contributed by atoms with Crippen LogP contribution in [0.15, 0.2) is 34.9 Å². The van der Waals surface area contributed by atoms with Crippen molar-refractivity contribution in [3.8, 4) is 12.1 Å². The number of rotatable bonds is 11. The first-order valence-electron chi connectivity index (χ1n) is 13.0. The minimum Gasteiger partial charge on any atom is -0.383 e. The predicted octanol–water partition coefficient (Wildman–Crippen LogP) is 2.43. The number of amides is 3. The Morgan fingerprint density at radius 3 is 2.42 bits per heavy atom. The zero-order valence-electron chi connectivity index (χ0n) is 22.2. The second kappa shape index (κ2) is 13.3. The minimum atomic E-state index is -1.11. The molecule has 1 unspecified atom stereocenters. The van der Waals surface area contributed by atoms with Gasteiger partial charge in [-0.15, -0.1) is 0 Å². The van der Waals surface area contributed by atoms with Crippen LogP contribution in [-0.2, 0) is 9.59 Å². The van der Waals surface area contributed by atoms with Gasteiger partial charge >= 0.3 is 0 Å². The quantitative estimate of drug-likeness (QED) is 0.289. The zero-order valence-corrected chi connectivity index (χ0v) is 23.0. The molecular formula is C27H35N7O3S. The first-order chi connectivity index (χ1) is 18.2. The number of hydrogen-bond acceptors (Lipinski definition) is 8. The number of anilines is 1. The Kier molecular flexibility index (Phi) is 10.2. The van der Waals surface area contributed by atoms with E-state index in [1.54, 1.807) is 45.0 Å². The number of nitriles is 2. The van der Waals surface area contributed by atoms with Crippen molar-refractivity contribution in [3.63, 3.8) is 0 Å². The first-order valence-corrected chi connectivity index (χ1v) is 13.8. The molecule has 0 spiro atoms. The van der Waals surface area contributed by atoms with Gasteiger partial charge in [0.15, 0.2) is 0 Å². The van der Waals surface area contributed by atoms with Gasteiger partial charge in [0.1, 0.15) is 27.5 Å². The summed E-state index contributed by atoms with van der Waals surface area (Å²) >= 11 is 1.16. The molecule has 2 fully saturated rings. The highest BCUT2D eigenvalue weighted by molar-refractivity contribution is 8.04. The van der Waals surface area contributed by atoms with Gasteiger partial charge in [0.2, 0.25) is 5.91 Å². The summed E-state index contributed by atoms with van der Waals surface area (Å²) in [6, 6.07) is 11.0. The number of nitrogens with zero attached hydrogens (tertiary/aromatic N) is 4. The third-order valence-electron chi connectivity index (χ3n) is 6.80. The molecule has 0 aromatic heterocycles. The van der Waals surface area contributed by atoms with Crippen LogP contribution >= 0.6 is 11.8 Å². The largest absolute Gasteiger partial charge is 0.383 e. The Bertz CT molecular complexity index is 1150. The Labute approximate surface area is 228 Å². The smallest absolute Gasteiger partial charge is 0.265 e. The van der Waals surface area contributed by atoms with Crippen LogP contribution < -0.4 is 16.0 Å². The third-order valence-corrected chi connectivity index (χ3v) is 8.10. The normalized spacial score (nSPS) is 20.3. The molecule has 2 heterocycles. The van der Waals surface area contributed by atoms with Crippen LogP contribution in [0.2, 0.25) is 0 Å². The van der Waals surface area contributed by atoms with E-state index in [1.807, 2.05) is 6.07 Å². The van der Waals surface area contributed by atoms with E-state index >= 15 is 0 Å². The van der Waals surface area contributed by atoms with Gasteiger partial charge in [-0.05, 0) is 70.5 Å². The van der Waals surface area contributed by atoms with Crippen LogP contribution in [0.25, 0.3) is 0 Å². The van der Waals surface area contributed by atoms with Gasteiger partial charge in [0.25, 0.3) is 11.8 Å². The van der Waals surface area contributed by atoms with Gasteiger partial charge in [-0.1, -0.05) is 18.7 Å². The van der Waals surface area contributed by atoms with E-state index in [2.05, 4.69) is 26.9 Å².